The van der Waals surface area contributed by atoms with E-state index in [9.17, 15) is 19.8 Å². The molecule has 1 aliphatic carbocycles. The van der Waals surface area contributed by atoms with Crippen LogP contribution in [0.2, 0.25) is 0 Å². The number of para-hydroxylation sites is 1. The van der Waals surface area contributed by atoms with Crippen molar-refractivity contribution in [2.24, 2.45) is 11.3 Å². The van der Waals surface area contributed by atoms with Crippen molar-refractivity contribution in [3.8, 4) is 5.75 Å². The third-order valence-corrected chi connectivity index (χ3v) is 15.6. The van der Waals surface area contributed by atoms with E-state index in [1.165, 1.54) is 14.0 Å². The lowest BCUT2D eigenvalue weighted by Crippen LogP contribution is -2.80. The molecule has 13 heteroatoms. The molecule has 2 aromatic carbocycles. The maximum Gasteiger partial charge on any atom is 0.322 e. The molecular formula is C47H60N4O9. The number of H-pyrrole nitrogens is 1. The topological polar surface area (TPSA) is 154 Å². The number of hydrogen-bond donors (Lipinski definition) is 3. The lowest BCUT2D eigenvalue weighted by atomic mass is 9.50. The fraction of sp³-hybridized carbons (Fsp3) is 0.596. The number of likely N-dealkylation sites (N-methyl/N-ethyl adjacent to an activating group) is 1. The molecule has 6 aliphatic rings. The molecule has 3 N–H and O–H groups in total. The summed E-state index contributed by atoms with van der Waals surface area (Å²) < 4.78 is 24.8. The van der Waals surface area contributed by atoms with Crippen molar-refractivity contribution >= 4 is 34.5 Å². The monoisotopic (exact) mass is 824 g/mol. The molecule has 0 radical (unpaired) electrons. The van der Waals surface area contributed by atoms with Crippen molar-refractivity contribution in [2.45, 2.75) is 113 Å². The van der Waals surface area contributed by atoms with Crippen molar-refractivity contribution in [1.82, 2.24) is 14.8 Å². The first kappa shape index (κ1) is 40.9. The van der Waals surface area contributed by atoms with Gasteiger partial charge in [-0.25, -0.2) is 0 Å². The molecule has 322 valence electrons. The number of esters is 3. The van der Waals surface area contributed by atoms with Crippen LogP contribution in [0.5, 0.6) is 5.75 Å². The summed E-state index contributed by atoms with van der Waals surface area (Å²) in [4.78, 5) is 52.4. The predicted octanol–water partition coefficient (Wildman–Crippen LogP) is 4.73. The first-order valence-corrected chi connectivity index (χ1v) is 21.8. The smallest absolute Gasteiger partial charge is 0.322 e. The summed E-state index contributed by atoms with van der Waals surface area (Å²) in [6.07, 6.45) is 6.17. The third-order valence-electron chi connectivity index (χ3n) is 15.6. The summed E-state index contributed by atoms with van der Waals surface area (Å²) in [5.74, 6) is -3.53. The molecule has 13 nitrogen and oxygen atoms in total. The summed E-state index contributed by atoms with van der Waals surface area (Å²) >= 11 is 0. The van der Waals surface area contributed by atoms with Crippen LogP contribution < -0.4 is 9.64 Å². The fourth-order valence-electron chi connectivity index (χ4n) is 13.4. The quantitative estimate of drug-likeness (QED) is 0.125. The number of fused-ring (bicyclic) bond motifs is 6. The van der Waals surface area contributed by atoms with Gasteiger partial charge in [-0.15, -0.1) is 0 Å². The molecule has 10 atom stereocenters. The van der Waals surface area contributed by atoms with E-state index in [1.54, 1.807) is 14.0 Å². The van der Waals surface area contributed by atoms with E-state index in [2.05, 4.69) is 39.1 Å². The van der Waals surface area contributed by atoms with Crippen LogP contribution in [0.4, 0.5) is 5.69 Å². The van der Waals surface area contributed by atoms with Gasteiger partial charge < -0.3 is 39.0 Å². The summed E-state index contributed by atoms with van der Waals surface area (Å²) in [7, 11) is 4.93. The zero-order valence-corrected chi connectivity index (χ0v) is 36.0. The number of piperidine rings is 1. The summed E-state index contributed by atoms with van der Waals surface area (Å²) in [5.41, 5.74) is 0.808. The second-order valence-corrected chi connectivity index (χ2v) is 18.5. The summed E-state index contributed by atoms with van der Waals surface area (Å²) in [6.45, 7) is 10.4. The van der Waals surface area contributed by atoms with Crippen LogP contribution in [0, 0.1) is 11.3 Å². The second-order valence-electron chi connectivity index (χ2n) is 18.5. The molecule has 1 saturated carbocycles. The molecule has 1 spiro atoms. The first-order chi connectivity index (χ1) is 28.7. The number of nitrogens with one attached hydrogen (secondary N) is 1. The number of anilines is 1. The zero-order chi connectivity index (χ0) is 42.6. The molecule has 2 bridgehead atoms. The van der Waals surface area contributed by atoms with Crippen molar-refractivity contribution in [2.75, 3.05) is 58.9 Å². The predicted molar refractivity (Wildman–Crippen MR) is 225 cm³/mol. The number of hydrogen-bond acceptors (Lipinski definition) is 12. The van der Waals surface area contributed by atoms with Gasteiger partial charge in [0.15, 0.2) is 6.10 Å². The average molecular weight is 825 g/mol. The Morgan fingerprint density at radius 2 is 1.77 bits per heavy atom. The molecular weight excluding hydrogens is 765 g/mol. The van der Waals surface area contributed by atoms with Crippen LogP contribution in [-0.4, -0.2) is 126 Å². The van der Waals surface area contributed by atoms with Crippen molar-refractivity contribution in [3.05, 3.63) is 70.9 Å². The number of carbonyl (C=O) groups excluding carboxylic acids is 3. The SMILES string of the molecule is CCC(=O)O[C@@H]1[C@]2(CC)C=CCN3CCC4(c5cc([C@]6(C(=O)OC)CC7CN(CCc8c6[nH]c6ccccc86)C[C@](O)(CC)C7)c(OC)cc5N(C)C4[C@@]1(O)OC(C)=O)C32. The molecule has 6 heterocycles. The van der Waals surface area contributed by atoms with E-state index in [-0.39, 0.29) is 18.4 Å². The molecule has 5 unspecified atom stereocenters. The minimum Gasteiger partial charge on any atom is -0.496 e. The van der Waals surface area contributed by atoms with Crippen molar-refractivity contribution < 1.29 is 43.5 Å². The largest absolute Gasteiger partial charge is 0.496 e. The number of aromatic nitrogens is 1. The number of benzene rings is 2. The van der Waals surface area contributed by atoms with E-state index in [1.807, 2.05) is 50.1 Å². The van der Waals surface area contributed by atoms with Gasteiger partial charge in [0.2, 0.25) is 0 Å². The summed E-state index contributed by atoms with van der Waals surface area (Å²) in [5, 5.41) is 26.4. The summed E-state index contributed by atoms with van der Waals surface area (Å²) in [6, 6.07) is 11.1. The van der Waals surface area contributed by atoms with Gasteiger partial charge >= 0.3 is 17.9 Å². The third kappa shape index (κ3) is 5.47. The van der Waals surface area contributed by atoms with Gasteiger partial charge in [0, 0.05) is 97.4 Å². The average Bonchev–Trinajstić information content (AvgIpc) is 3.90. The Morgan fingerprint density at radius 1 is 0.983 bits per heavy atom. The van der Waals surface area contributed by atoms with Gasteiger partial charge in [0.05, 0.1) is 19.8 Å². The minimum atomic E-state index is -2.28. The molecule has 1 aromatic heterocycles. The van der Waals surface area contributed by atoms with Crippen LogP contribution in [0.15, 0.2) is 48.6 Å². The molecule has 9 rings (SSSR count). The first-order valence-electron chi connectivity index (χ1n) is 21.8. The maximum absolute atomic E-state index is 15.3. The molecule has 5 aliphatic heterocycles. The Balaban J connectivity index is 1.35. The normalized spacial score (nSPS) is 36.5. The van der Waals surface area contributed by atoms with Gasteiger partial charge in [-0.3, -0.25) is 24.2 Å². The van der Waals surface area contributed by atoms with Gasteiger partial charge in [0.1, 0.15) is 17.2 Å². The molecule has 0 amide bonds. The Morgan fingerprint density at radius 3 is 2.47 bits per heavy atom. The lowest BCUT2D eigenvalue weighted by molar-refractivity contribution is -0.309. The number of methoxy groups -OCH3 is 2. The maximum atomic E-state index is 15.3. The van der Waals surface area contributed by atoms with E-state index >= 15 is 4.79 Å². The van der Waals surface area contributed by atoms with Gasteiger partial charge in [-0.1, -0.05) is 51.1 Å². The molecule has 2 saturated heterocycles. The van der Waals surface area contributed by atoms with Crippen LogP contribution in [0.1, 0.15) is 88.6 Å². The van der Waals surface area contributed by atoms with E-state index < -0.39 is 57.7 Å². The highest BCUT2D eigenvalue weighted by molar-refractivity contribution is 5.94. The Kier molecular flexibility index (Phi) is 9.77. The fourth-order valence-corrected chi connectivity index (χ4v) is 13.4. The highest BCUT2D eigenvalue weighted by Crippen LogP contribution is 2.68. The Bertz CT molecular complexity index is 2270. The Hall–Kier alpha value is -4.43. The molecule has 3 fully saturated rings. The molecule has 60 heavy (non-hydrogen) atoms. The van der Waals surface area contributed by atoms with Crippen molar-refractivity contribution in [3.63, 3.8) is 0 Å². The van der Waals surface area contributed by atoms with E-state index in [0.717, 1.165) is 33.4 Å². The van der Waals surface area contributed by atoms with Gasteiger partial charge in [-0.2, -0.15) is 0 Å². The Labute approximate surface area is 352 Å². The zero-order valence-electron chi connectivity index (χ0n) is 36.0. The van der Waals surface area contributed by atoms with E-state index in [0.29, 0.717) is 82.6 Å². The second kappa shape index (κ2) is 14.3. The number of nitrogens with zero attached hydrogens (tertiary/aromatic N) is 3. The lowest BCUT2D eigenvalue weighted by Gasteiger charge is -2.63. The number of aromatic amines is 1. The van der Waals surface area contributed by atoms with E-state index in [4.69, 9.17) is 18.9 Å². The van der Waals surface area contributed by atoms with Crippen LogP contribution >= 0.6 is 0 Å². The number of ether oxygens (including phenoxy) is 4. The van der Waals surface area contributed by atoms with Gasteiger partial charge in [-0.05, 0) is 74.2 Å². The number of carbonyl (C=O) groups is 3. The minimum absolute atomic E-state index is 0.0801. The number of aliphatic hydroxyl groups is 2. The highest BCUT2D eigenvalue weighted by Gasteiger charge is 2.79. The molecule has 3 aromatic rings. The van der Waals surface area contributed by atoms with Gasteiger partial charge in [0.25, 0.3) is 5.79 Å². The number of rotatable bonds is 8. The van der Waals surface area contributed by atoms with Crippen LogP contribution in [0.25, 0.3) is 10.9 Å². The standard InChI is InChI=1S/C47H60N4O9/c1-8-37(53)59-41-44(10-3)17-13-19-51-21-18-45(39(44)51)32-22-33(36(57-6)23-35(32)49(5)40(45)47(41,56)60-28(4)52)46(42(54)58-7)25-29-24-43(55,9-2)27-50(26-29)20-16-31-30-14-11-12-15-34(30)48-38(31)46/h11-15,17,22-23,29,39-41,48,55-56H,8-10,16,18-21,24-27H2,1-7H3/t29?,39?,40?,41-,43+,44-,45?,46-,47-/m1/s1. The van der Waals surface area contributed by atoms with Crippen LogP contribution in [0.3, 0.4) is 0 Å². The highest BCUT2D eigenvalue weighted by atomic mass is 16.7. The van der Waals surface area contributed by atoms with Crippen molar-refractivity contribution in [1.29, 1.82) is 0 Å². The van der Waals surface area contributed by atoms with Crippen LogP contribution in [-0.2, 0) is 45.8 Å².